The molecule has 0 bridgehead atoms. The summed E-state index contributed by atoms with van der Waals surface area (Å²) in [6.45, 7) is 3.67. The van der Waals surface area contributed by atoms with Crippen LogP contribution in [-0.2, 0) is 20.2 Å². The van der Waals surface area contributed by atoms with Crippen molar-refractivity contribution < 1.29 is 36.2 Å². The standard InChI is InChI=1S/C30H24N4O8S2/c1-17-13-19(3-11-26(17)32-31-22-5-7-23(35)8-6-22)20-4-12-27(18(2)14-20)33-34-29-28(44(40,41)42)16-21-15-24(43(37,38)39)9-10-25(21)30(29)36/h3-16,35-36H,1-2H3,(H,37,38,39)(H,40,41,42). The normalized spacial score (nSPS) is 12.5. The van der Waals surface area contributed by atoms with E-state index in [2.05, 4.69) is 20.5 Å². The van der Waals surface area contributed by atoms with E-state index in [0.29, 0.717) is 22.6 Å². The lowest BCUT2D eigenvalue weighted by Crippen LogP contribution is -2.00. The summed E-state index contributed by atoms with van der Waals surface area (Å²) in [4.78, 5) is -1.33. The van der Waals surface area contributed by atoms with Gasteiger partial charge in [-0.25, -0.2) is 0 Å². The van der Waals surface area contributed by atoms with Crippen LogP contribution >= 0.6 is 0 Å². The lowest BCUT2D eigenvalue weighted by molar-refractivity contribution is 0.472. The zero-order valence-electron chi connectivity index (χ0n) is 23.1. The molecule has 0 saturated carbocycles. The van der Waals surface area contributed by atoms with E-state index in [9.17, 15) is 36.2 Å². The van der Waals surface area contributed by atoms with Crippen molar-refractivity contribution in [2.45, 2.75) is 23.6 Å². The van der Waals surface area contributed by atoms with Crippen LogP contribution in [0.1, 0.15) is 11.1 Å². The van der Waals surface area contributed by atoms with Crippen LogP contribution in [0.5, 0.6) is 11.5 Å². The van der Waals surface area contributed by atoms with Gasteiger partial charge in [-0.1, -0.05) is 12.1 Å². The number of rotatable bonds is 7. The number of nitrogens with zero attached hydrogens (tertiary/aromatic N) is 4. The number of phenols is 2. The van der Waals surface area contributed by atoms with Crippen molar-refractivity contribution in [2.75, 3.05) is 0 Å². The molecule has 0 unspecified atom stereocenters. The van der Waals surface area contributed by atoms with Gasteiger partial charge in [-0.3, -0.25) is 9.11 Å². The Morgan fingerprint density at radius 2 is 1.16 bits per heavy atom. The second kappa shape index (κ2) is 11.6. The highest BCUT2D eigenvalue weighted by molar-refractivity contribution is 7.86. The first-order valence-corrected chi connectivity index (χ1v) is 15.7. The minimum Gasteiger partial charge on any atom is -0.508 e. The highest BCUT2D eigenvalue weighted by atomic mass is 32.2. The van der Waals surface area contributed by atoms with Crippen molar-refractivity contribution in [1.82, 2.24) is 0 Å². The van der Waals surface area contributed by atoms with Gasteiger partial charge in [0.2, 0.25) is 0 Å². The topological polar surface area (TPSA) is 199 Å². The molecule has 224 valence electrons. The van der Waals surface area contributed by atoms with Crippen LogP contribution in [0.15, 0.2) is 115 Å². The Bertz CT molecular complexity index is 2220. The number of hydrogen-bond acceptors (Lipinski definition) is 10. The molecule has 0 aliphatic carbocycles. The van der Waals surface area contributed by atoms with E-state index in [1.54, 1.807) is 31.2 Å². The quantitative estimate of drug-likeness (QED) is 0.103. The number of azo groups is 2. The molecule has 0 radical (unpaired) electrons. The molecule has 0 amide bonds. The van der Waals surface area contributed by atoms with Crippen molar-refractivity contribution in [2.24, 2.45) is 20.5 Å². The van der Waals surface area contributed by atoms with Crippen LogP contribution in [0, 0.1) is 13.8 Å². The molecule has 0 atom stereocenters. The van der Waals surface area contributed by atoms with Gasteiger partial charge in [-0.15, -0.1) is 5.11 Å². The number of aryl methyl sites for hydroxylation is 2. The van der Waals surface area contributed by atoms with Gasteiger partial charge in [0.05, 0.1) is 22.0 Å². The summed E-state index contributed by atoms with van der Waals surface area (Å²) < 4.78 is 66.4. The monoisotopic (exact) mass is 632 g/mol. The highest BCUT2D eigenvalue weighted by Gasteiger charge is 2.23. The van der Waals surface area contributed by atoms with E-state index in [1.165, 1.54) is 18.2 Å². The van der Waals surface area contributed by atoms with E-state index in [1.807, 2.05) is 31.2 Å². The molecule has 5 aromatic rings. The summed E-state index contributed by atoms with van der Waals surface area (Å²) in [5.41, 5.74) is 4.37. The summed E-state index contributed by atoms with van der Waals surface area (Å²) in [6, 6.07) is 21.4. The van der Waals surface area contributed by atoms with Gasteiger partial charge in [0.1, 0.15) is 16.3 Å². The smallest absolute Gasteiger partial charge is 0.296 e. The Morgan fingerprint density at radius 1 is 0.591 bits per heavy atom. The lowest BCUT2D eigenvalue weighted by atomic mass is 10.0. The molecule has 12 nitrogen and oxygen atoms in total. The van der Waals surface area contributed by atoms with E-state index in [0.717, 1.165) is 34.9 Å². The van der Waals surface area contributed by atoms with Gasteiger partial charge < -0.3 is 10.2 Å². The molecular weight excluding hydrogens is 608 g/mol. The Kier molecular flexibility index (Phi) is 8.01. The predicted octanol–water partition coefficient (Wildman–Crippen LogP) is 7.86. The molecule has 0 aromatic heterocycles. The number of fused-ring (bicyclic) bond motifs is 1. The van der Waals surface area contributed by atoms with Crippen molar-refractivity contribution in [3.63, 3.8) is 0 Å². The molecule has 0 fully saturated rings. The molecule has 5 rings (SSSR count). The van der Waals surface area contributed by atoms with Gasteiger partial charge in [0.25, 0.3) is 20.2 Å². The number of phenolic OH excluding ortho intramolecular Hbond substituents is 2. The van der Waals surface area contributed by atoms with Gasteiger partial charge >= 0.3 is 0 Å². The summed E-state index contributed by atoms with van der Waals surface area (Å²) in [5, 5.41) is 36.7. The Balaban J connectivity index is 1.45. The van der Waals surface area contributed by atoms with Crippen LogP contribution in [0.4, 0.5) is 22.7 Å². The fourth-order valence-electron chi connectivity index (χ4n) is 4.41. The van der Waals surface area contributed by atoms with Crippen LogP contribution in [0.25, 0.3) is 21.9 Å². The Hall–Kier alpha value is -5.02. The van der Waals surface area contributed by atoms with Crippen LogP contribution < -0.4 is 0 Å². The Morgan fingerprint density at radius 3 is 1.68 bits per heavy atom. The molecule has 0 saturated heterocycles. The van der Waals surface area contributed by atoms with E-state index in [-0.39, 0.29) is 16.5 Å². The fourth-order valence-corrected chi connectivity index (χ4v) is 5.59. The second-order valence-electron chi connectivity index (χ2n) is 9.82. The maximum atomic E-state index is 12.1. The third-order valence-corrected chi connectivity index (χ3v) is 8.42. The molecule has 44 heavy (non-hydrogen) atoms. The third-order valence-electron chi connectivity index (χ3n) is 6.71. The van der Waals surface area contributed by atoms with Gasteiger partial charge in [-0.2, -0.15) is 32.2 Å². The van der Waals surface area contributed by atoms with Crippen molar-refractivity contribution in [1.29, 1.82) is 0 Å². The maximum Gasteiger partial charge on any atom is 0.296 e. The van der Waals surface area contributed by atoms with Gasteiger partial charge in [0.15, 0.2) is 5.75 Å². The molecular formula is C30H24N4O8S2. The first-order valence-electron chi connectivity index (χ1n) is 12.8. The highest BCUT2D eigenvalue weighted by Crippen LogP contribution is 2.42. The van der Waals surface area contributed by atoms with Gasteiger partial charge in [0, 0.05) is 5.39 Å². The summed E-state index contributed by atoms with van der Waals surface area (Å²) in [7, 11) is -9.54. The Labute approximate surface area is 252 Å². The van der Waals surface area contributed by atoms with Crippen molar-refractivity contribution in [3.05, 3.63) is 96.1 Å². The van der Waals surface area contributed by atoms with E-state index in [4.69, 9.17) is 0 Å². The average molecular weight is 633 g/mol. The average Bonchev–Trinajstić information content (AvgIpc) is 2.96. The predicted molar refractivity (Wildman–Crippen MR) is 163 cm³/mol. The van der Waals surface area contributed by atoms with E-state index < -0.39 is 41.5 Å². The molecule has 14 heteroatoms. The number of hydrogen-bond donors (Lipinski definition) is 4. The minimum absolute atomic E-state index is 0.0206. The first-order chi connectivity index (χ1) is 20.7. The molecule has 0 spiro atoms. The summed E-state index contributed by atoms with van der Waals surface area (Å²) in [6.07, 6.45) is 0. The van der Waals surface area contributed by atoms with Crippen LogP contribution in [0.3, 0.4) is 0 Å². The molecule has 0 aliphatic heterocycles. The maximum absolute atomic E-state index is 12.1. The first kappa shape index (κ1) is 30.4. The molecule has 4 N–H and O–H groups in total. The van der Waals surface area contributed by atoms with Gasteiger partial charge in [-0.05, 0) is 114 Å². The zero-order chi connectivity index (χ0) is 31.8. The van der Waals surface area contributed by atoms with Crippen molar-refractivity contribution >= 4 is 53.8 Å². The lowest BCUT2D eigenvalue weighted by Gasteiger charge is -2.10. The van der Waals surface area contributed by atoms with Crippen LogP contribution in [-0.4, -0.2) is 36.2 Å². The summed E-state index contributed by atoms with van der Waals surface area (Å²) >= 11 is 0. The second-order valence-corrected chi connectivity index (χ2v) is 12.6. The largest absolute Gasteiger partial charge is 0.508 e. The fraction of sp³-hybridized carbons (Fsp3) is 0.0667. The zero-order valence-corrected chi connectivity index (χ0v) is 24.7. The summed E-state index contributed by atoms with van der Waals surface area (Å²) in [5.74, 6) is -0.519. The minimum atomic E-state index is -4.93. The van der Waals surface area contributed by atoms with Crippen molar-refractivity contribution in [3.8, 4) is 22.6 Å². The molecule has 0 heterocycles. The third kappa shape index (κ3) is 6.48. The molecule has 0 aliphatic rings. The number of aromatic hydroxyl groups is 2. The molecule has 5 aromatic carbocycles. The number of benzene rings is 5. The van der Waals surface area contributed by atoms with E-state index >= 15 is 0 Å². The van der Waals surface area contributed by atoms with Crippen LogP contribution in [0.2, 0.25) is 0 Å². The SMILES string of the molecule is Cc1cc(-c2ccc(N=Nc3c(S(=O)(=O)O)cc4cc(S(=O)(=O)O)ccc4c3O)c(C)c2)ccc1N=Nc1ccc(O)cc1.